The van der Waals surface area contributed by atoms with E-state index in [9.17, 15) is 9.59 Å². The van der Waals surface area contributed by atoms with Crippen LogP contribution in [0.25, 0.3) is 0 Å². The van der Waals surface area contributed by atoms with Crippen LogP contribution >= 0.6 is 0 Å². The highest BCUT2D eigenvalue weighted by molar-refractivity contribution is 5.75. The Morgan fingerprint density at radius 2 is 1.88 bits per heavy atom. The van der Waals surface area contributed by atoms with E-state index < -0.39 is 0 Å². The van der Waals surface area contributed by atoms with E-state index in [1.165, 1.54) is 12.8 Å². The van der Waals surface area contributed by atoms with E-state index >= 15 is 0 Å². The van der Waals surface area contributed by atoms with Gasteiger partial charge in [0.25, 0.3) is 0 Å². The molecule has 2 aliphatic heterocycles. The third-order valence-corrected chi connectivity index (χ3v) is 5.47. The van der Waals surface area contributed by atoms with Gasteiger partial charge in [0.05, 0.1) is 0 Å². The maximum absolute atomic E-state index is 12.2. The monoisotopic (exact) mass is 330 g/mol. The largest absolute Gasteiger partial charge is 0.428 e. The van der Waals surface area contributed by atoms with Gasteiger partial charge in [-0.25, -0.2) is 9.59 Å². The number of hydrogen-bond donors (Lipinski definition) is 1. The number of aromatic nitrogens is 1. The minimum Gasteiger partial charge on any atom is -0.428 e. The highest BCUT2D eigenvalue weighted by Crippen LogP contribution is 2.53. The van der Waals surface area contributed by atoms with Crippen molar-refractivity contribution < 1.29 is 14.3 Å². The van der Waals surface area contributed by atoms with Crippen molar-refractivity contribution in [2.24, 2.45) is 5.41 Å². The number of pyridine rings is 1. The number of fused-ring (bicyclic) bond motifs is 1. The van der Waals surface area contributed by atoms with Crippen LogP contribution in [-0.2, 0) is 17.8 Å². The number of ether oxygens (including phenoxy) is 1. The predicted molar refractivity (Wildman–Crippen MR) is 85.8 cm³/mol. The van der Waals surface area contributed by atoms with E-state index in [2.05, 4.69) is 10.3 Å². The molecule has 0 atom stereocenters. The Labute approximate surface area is 141 Å². The van der Waals surface area contributed by atoms with Crippen molar-refractivity contribution in [3.05, 3.63) is 29.6 Å². The average Bonchev–Trinajstić information content (AvgIpc) is 3.20. The topological polar surface area (TPSA) is 74.8 Å². The van der Waals surface area contributed by atoms with Crippen molar-refractivity contribution in [2.45, 2.75) is 38.8 Å². The van der Waals surface area contributed by atoms with Crippen molar-refractivity contribution in [1.29, 1.82) is 0 Å². The SMILES string of the molecule is O=C(NCOC(=O)N1CCC2(CC1)CC2)N1Cc2ccncc2C1. The first-order chi connectivity index (χ1) is 11.7. The normalized spacial score (nSPS) is 20.7. The zero-order valence-electron chi connectivity index (χ0n) is 13.7. The first kappa shape index (κ1) is 15.2. The molecule has 1 aromatic heterocycles. The zero-order chi connectivity index (χ0) is 16.6. The Hall–Kier alpha value is -2.31. The molecule has 1 aromatic rings. The second kappa shape index (κ2) is 5.96. The summed E-state index contributed by atoms with van der Waals surface area (Å²) in [7, 11) is 0. The Balaban J connectivity index is 1.19. The lowest BCUT2D eigenvalue weighted by atomic mass is 9.94. The molecule has 7 nitrogen and oxygen atoms in total. The molecule has 128 valence electrons. The molecule has 1 saturated heterocycles. The molecule has 4 rings (SSSR count). The fraction of sp³-hybridized carbons (Fsp3) is 0.588. The zero-order valence-corrected chi connectivity index (χ0v) is 13.7. The van der Waals surface area contributed by atoms with Crippen LogP contribution in [-0.4, -0.2) is 46.7 Å². The number of likely N-dealkylation sites (tertiary alicyclic amines) is 1. The van der Waals surface area contributed by atoms with Gasteiger partial charge in [-0.2, -0.15) is 0 Å². The van der Waals surface area contributed by atoms with Crippen LogP contribution in [0.4, 0.5) is 9.59 Å². The summed E-state index contributed by atoms with van der Waals surface area (Å²) in [4.78, 5) is 31.7. The third kappa shape index (κ3) is 3.02. The molecule has 3 amide bonds. The van der Waals surface area contributed by atoms with E-state index in [0.29, 0.717) is 18.5 Å². The fourth-order valence-corrected chi connectivity index (χ4v) is 3.57. The van der Waals surface area contributed by atoms with Gasteiger partial charge in [0, 0.05) is 38.6 Å². The summed E-state index contributed by atoms with van der Waals surface area (Å²) in [6, 6.07) is 1.70. The number of carbonyl (C=O) groups excluding carboxylic acids is 2. The molecular weight excluding hydrogens is 308 g/mol. The second-order valence-electron chi connectivity index (χ2n) is 7.02. The number of carbonyl (C=O) groups is 2. The van der Waals surface area contributed by atoms with Gasteiger partial charge in [0.1, 0.15) is 0 Å². The number of amides is 3. The summed E-state index contributed by atoms with van der Waals surface area (Å²) in [5.74, 6) is 0. The van der Waals surface area contributed by atoms with Crippen LogP contribution < -0.4 is 5.32 Å². The van der Waals surface area contributed by atoms with Crippen molar-refractivity contribution in [3.63, 3.8) is 0 Å². The highest BCUT2D eigenvalue weighted by atomic mass is 16.6. The second-order valence-corrected chi connectivity index (χ2v) is 7.02. The minimum atomic E-state index is -0.334. The predicted octanol–water partition coefficient (Wildman–Crippen LogP) is 2.08. The maximum Gasteiger partial charge on any atom is 0.411 e. The van der Waals surface area contributed by atoms with Crippen LogP contribution in [0.3, 0.4) is 0 Å². The van der Waals surface area contributed by atoms with Crippen molar-refractivity contribution >= 4 is 12.1 Å². The number of rotatable bonds is 2. The van der Waals surface area contributed by atoms with Gasteiger partial charge in [-0.15, -0.1) is 0 Å². The molecule has 1 spiro atoms. The Bertz CT molecular complexity index is 624. The van der Waals surface area contributed by atoms with Gasteiger partial charge in [0.15, 0.2) is 6.73 Å². The molecule has 1 aliphatic carbocycles. The first-order valence-corrected chi connectivity index (χ1v) is 8.52. The summed E-state index contributed by atoms with van der Waals surface area (Å²) in [6.45, 7) is 2.54. The van der Waals surface area contributed by atoms with E-state index in [1.807, 2.05) is 6.07 Å². The molecule has 3 aliphatic rings. The molecule has 2 fully saturated rings. The highest BCUT2D eigenvalue weighted by Gasteiger charge is 2.45. The molecule has 0 radical (unpaired) electrons. The Morgan fingerprint density at radius 3 is 2.58 bits per heavy atom. The molecule has 0 bridgehead atoms. The van der Waals surface area contributed by atoms with Crippen LogP contribution in [0.2, 0.25) is 0 Å². The number of nitrogens with one attached hydrogen (secondary N) is 1. The van der Waals surface area contributed by atoms with Gasteiger partial charge in [-0.3, -0.25) is 4.98 Å². The molecule has 7 heteroatoms. The van der Waals surface area contributed by atoms with E-state index in [1.54, 1.807) is 22.2 Å². The fourth-order valence-electron chi connectivity index (χ4n) is 3.57. The smallest absolute Gasteiger partial charge is 0.411 e. The van der Waals surface area contributed by atoms with Gasteiger partial charge < -0.3 is 19.9 Å². The summed E-state index contributed by atoms with van der Waals surface area (Å²) in [5, 5.41) is 2.65. The summed E-state index contributed by atoms with van der Waals surface area (Å²) in [6.07, 6.45) is 7.94. The standard InChI is InChI=1S/C17H22N4O3/c22-15(21-10-13-1-6-18-9-14(13)11-21)19-12-24-16(23)20-7-4-17(2-3-17)5-8-20/h1,6,9H,2-5,7-8,10-12H2,(H,19,22). The number of hydrogen-bond acceptors (Lipinski definition) is 4. The summed E-state index contributed by atoms with van der Waals surface area (Å²) >= 11 is 0. The third-order valence-electron chi connectivity index (χ3n) is 5.47. The van der Waals surface area contributed by atoms with E-state index in [0.717, 1.165) is 37.1 Å². The van der Waals surface area contributed by atoms with E-state index in [4.69, 9.17) is 4.74 Å². The van der Waals surface area contributed by atoms with Crippen molar-refractivity contribution in [1.82, 2.24) is 20.1 Å². The molecule has 0 unspecified atom stereocenters. The number of urea groups is 1. The average molecular weight is 330 g/mol. The van der Waals surface area contributed by atoms with Gasteiger partial charge >= 0.3 is 12.1 Å². The van der Waals surface area contributed by atoms with Gasteiger partial charge in [-0.1, -0.05) is 0 Å². The van der Waals surface area contributed by atoms with Crippen molar-refractivity contribution in [2.75, 3.05) is 19.8 Å². The van der Waals surface area contributed by atoms with Crippen LogP contribution in [0.15, 0.2) is 18.5 Å². The van der Waals surface area contributed by atoms with Crippen molar-refractivity contribution in [3.8, 4) is 0 Å². The summed E-state index contributed by atoms with van der Waals surface area (Å²) < 4.78 is 5.19. The lowest BCUT2D eigenvalue weighted by molar-refractivity contribution is 0.0793. The van der Waals surface area contributed by atoms with Crippen LogP contribution in [0.1, 0.15) is 36.8 Å². The minimum absolute atomic E-state index is 0.0929. The quantitative estimate of drug-likeness (QED) is 0.843. The lowest BCUT2D eigenvalue weighted by Crippen LogP contribution is -2.42. The Kier molecular flexibility index (Phi) is 3.78. The molecule has 1 saturated carbocycles. The lowest BCUT2D eigenvalue weighted by Gasteiger charge is -2.31. The van der Waals surface area contributed by atoms with Crippen LogP contribution in [0, 0.1) is 5.41 Å². The molecule has 24 heavy (non-hydrogen) atoms. The Morgan fingerprint density at radius 1 is 1.12 bits per heavy atom. The van der Waals surface area contributed by atoms with Crippen LogP contribution in [0.5, 0.6) is 0 Å². The summed E-state index contributed by atoms with van der Waals surface area (Å²) in [5.41, 5.74) is 2.70. The molecular formula is C17H22N4O3. The first-order valence-electron chi connectivity index (χ1n) is 8.52. The molecule has 1 N–H and O–H groups in total. The maximum atomic E-state index is 12.2. The van der Waals surface area contributed by atoms with Gasteiger partial charge in [-0.05, 0) is 48.3 Å². The number of piperidine rings is 1. The van der Waals surface area contributed by atoms with Gasteiger partial charge in [0.2, 0.25) is 0 Å². The number of nitrogens with zero attached hydrogens (tertiary/aromatic N) is 3. The van der Waals surface area contributed by atoms with E-state index in [-0.39, 0.29) is 18.9 Å². The molecule has 3 heterocycles. The molecule has 0 aromatic carbocycles.